The first-order chi connectivity index (χ1) is 7.68. The van der Waals surface area contributed by atoms with Crippen molar-refractivity contribution in [2.75, 3.05) is 13.1 Å². The summed E-state index contributed by atoms with van der Waals surface area (Å²) in [7, 11) is 2.71. The lowest BCUT2D eigenvalue weighted by molar-refractivity contribution is 0.0694. The molecule has 1 atom stereocenters. The van der Waals surface area contributed by atoms with Crippen LogP contribution in [-0.2, 0) is 0 Å². The molecule has 0 saturated carbocycles. The maximum atomic E-state index is 11.1. The lowest BCUT2D eigenvalue weighted by Crippen LogP contribution is -2.25. The van der Waals surface area contributed by atoms with Crippen LogP contribution in [0.2, 0.25) is 0 Å². The van der Waals surface area contributed by atoms with Gasteiger partial charge in [0, 0.05) is 13.1 Å². The van der Waals surface area contributed by atoms with Crippen LogP contribution in [0.25, 0.3) is 0 Å². The van der Waals surface area contributed by atoms with E-state index in [1.54, 1.807) is 12.1 Å². The minimum Gasteiger partial charge on any atom is -0.478 e. The maximum Gasteiger partial charge on any atom is 0.335 e. The molecule has 1 N–H and O–H groups in total. The fourth-order valence-corrected chi connectivity index (χ4v) is 2.56. The van der Waals surface area contributed by atoms with Crippen LogP contribution in [0.4, 0.5) is 0 Å². The summed E-state index contributed by atoms with van der Waals surface area (Å²) in [5.74, 6) is -0.423. The van der Waals surface area contributed by atoms with Gasteiger partial charge in [0.15, 0.2) is 0 Å². The predicted molar refractivity (Wildman–Crippen MR) is 66.7 cm³/mol. The molecule has 1 aromatic rings. The largest absolute Gasteiger partial charge is 0.478 e. The van der Waals surface area contributed by atoms with Crippen molar-refractivity contribution in [3.8, 4) is 0 Å². The first-order valence-corrected chi connectivity index (χ1v) is 6.02. The van der Waals surface area contributed by atoms with Gasteiger partial charge in [0.25, 0.3) is 0 Å². The number of carboxylic acids is 1. The number of rotatable bonds is 2. The summed E-state index contributed by atoms with van der Waals surface area (Å²) in [6.07, 6.45) is 2.07. The van der Waals surface area contributed by atoms with Crippen LogP contribution < -0.4 is 0 Å². The Hall–Kier alpha value is -0.920. The lowest BCUT2D eigenvalue weighted by Gasteiger charge is -2.29. The van der Waals surface area contributed by atoms with Crippen LogP contribution >= 0.6 is 9.39 Å². The van der Waals surface area contributed by atoms with E-state index in [-0.39, 0.29) is 0 Å². The van der Waals surface area contributed by atoms with Crippen LogP contribution in [0, 0.1) is 0 Å². The van der Waals surface area contributed by atoms with Gasteiger partial charge in [-0.1, -0.05) is 27.6 Å². The summed E-state index contributed by atoms with van der Waals surface area (Å²) in [5.41, 5.74) is 1.46. The standard InChI is InChI=1S/C12H16NO2P/c14-12(15)11-4-2-1-3-10(11)9-5-7-13(16)8-6-9/h1-4,9H,5-8,16H2,(H,14,15). The Morgan fingerprint density at radius 1 is 1.31 bits per heavy atom. The van der Waals surface area contributed by atoms with Crippen molar-refractivity contribution in [3.05, 3.63) is 35.4 Å². The zero-order chi connectivity index (χ0) is 11.5. The van der Waals surface area contributed by atoms with Crippen molar-refractivity contribution in [3.63, 3.8) is 0 Å². The minimum atomic E-state index is -0.816. The van der Waals surface area contributed by atoms with Crippen molar-refractivity contribution in [2.45, 2.75) is 18.8 Å². The Bertz CT molecular complexity index is 386. The van der Waals surface area contributed by atoms with Crippen molar-refractivity contribution >= 4 is 15.4 Å². The third-order valence-corrected chi connectivity index (χ3v) is 3.68. The van der Waals surface area contributed by atoms with Crippen molar-refractivity contribution in [1.82, 2.24) is 4.67 Å². The van der Waals surface area contributed by atoms with Gasteiger partial charge in [-0.2, -0.15) is 0 Å². The molecule has 0 radical (unpaired) electrons. The monoisotopic (exact) mass is 237 g/mol. The maximum absolute atomic E-state index is 11.1. The smallest absolute Gasteiger partial charge is 0.335 e. The van der Waals surface area contributed by atoms with Gasteiger partial charge in [-0.25, -0.2) is 4.79 Å². The summed E-state index contributed by atoms with van der Waals surface area (Å²) in [4.78, 5) is 11.1. The van der Waals surface area contributed by atoms with Gasteiger partial charge in [-0.3, -0.25) is 4.67 Å². The molecule has 0 aliphatic carbocycles. The molecule has 2 rings (SSSR count). The Kier molecular flexibility index (Phi) is 3.57. The molecular formula is C12H16NO2P. The highest BCUT2D eigenvalue weighted by molar-refractivity contribution is 7.13. The van der Waals surface area contributed by atoms with E-state index in [2.05, 4.69) is 14.1 Å². The molecule has 1 aromatic carbocycles. The van der Waals surface area contributed by atoms with Gasteiger partial charge in [-0.05, 0) is 30.4 Å². The molecule has 0 spiro atoms. The highest BCUT2D eigenvalue weighted by Crippen LogP contribution is 2.31. The van der Waals surface area contributed by atoms with Crippen molar-refractivity contribution in [2.24, 2.45) is 0 Å². The molecule has 16 heavy (non-hydrogen) atoms. The van der Waals surface area contributed by atoms with E-state index < -0.39 is 5.97 Å². The van der Waals surface area contributed by atoms with Crippen LogP contribution in [-0.4, -0.2) is 28.8 Å². The first-order valence-electron chi connectivity index (χ1n) is 5.50. The molecule has 3 nitrogen and oxygen atoms in total. The van der Waals surface area contributed by atoms with Gasteiger partial charge in [0.2, 0.25) is 0 Å². The topological polar surface area (TPSA) is 40.5 Å². The van der Waals surface area contributed by atoms with E-state index in [1.807, 2.05) is 12.1 Å². The Morgan fingerprint density at radius 3 is 2.56 bits per heavy atom. The summed E-state index contributed by atoms with van der Waals surface area (Å²) in [6, 6.07) is 7.36. The Labute approximate surface area is 97.7 Å². The number of piperidine rings is 1. The molecule has 1 saturated heterocycles. The quantitative estimate of drug-likeness (QED) is 0.803. The number of benzene rings is 1. The average molecular weight is 237 g/mol. The van der Waals surface area contributed by atoms with Crippen LogP contribution in [0.5, 0.6) is 0 Å². The molecule has 0 bridgehead atoms. The summed E-state index contributed by atoms with van der Waals surface area (Å²) in [5, 5.41) is 9.13. The lowest BCUT2D eigenvalue weighted by atomic mass is 9.87. The van der Waals surface area contributed by atoms with Crippen LogP contribution in [0.3, 0.4) is 0 Å². The van der Waals surface area contributed by atoms with E-state index >= 15 is 0 Å². The number of carboxylic acid groups (broad SMARTS) is 1. The number of aromatic carboxylic acids is 1. The van der Waals surface area contributed by atoms with Gasteiger partial charge in [0.05, 0.1) is 5.56 Å². The van der Waals surface area contributed by atoms with Crippen LogP contribution in [0.15, 0.2) is 24.3 Å². The molecule has 1 heterocycles. The molecule has 1 aliphatic rings. The molecule has 0 aromatic heterocycles. The fourth-order valence-electron chi connectivity index (χ4n) is 2.26. The summed E-state index contributed by atoms with van der Waals surface area (Å²) >= 11 is 0. The number of nitrogens with zero attached hydrogens (tertiary/aromatic N) is 1. The van der Waals surface area contributed by atoms with Crippen molar-refractivity contribution in [1.29, 1.82) is 0 Å². The highest BCUT2D eigenvalue weighted by Gasteiger charge is 2.22. The van der Waals surface area contributed by atoms with E-state index in [1.165, 1.54) is 0 Å². The number of hydrogen-bond acceptors (Lipinski definition) is 2. The minimum absolute atomic E-state index is 0.393. The molecule has 4 heteroatoms. The van der Waals surface area contributed by atoms with E-state index in [9.17, 15) is 4.79 Å². The molecule has 1 unspecified atom stereocenters. The second-order valence-electron chi connectivity index (χ2n) is 4.20. The normalized spacial score (nSPS) is 18.6. The van der Waals surface area contributed by atoms with E-state index in [4.69, 9.17) is 5.11 Å². The third kappa shape index (κ3) is 2.42. The Morgan fingerprint density at radius 2 is 1.94 bits per heavy atom. The second kappa shape index (κ2) is 4.94. The van der Waals surface area contributed by atoms with Gasteiger partial charge >= 0.3 is 5.97 Å². The zero-order valence-corrected chi connectivity index (χ0v) is 10.2. The summed E-state index contributed by atoms with van der Waals surface area (Å²) in [6.45, 7) is 2.03. The van der Waals surface area contributed by atoms with E-state index in [0.717, 1.165) is 31.5 Å². The average Bonchev–Trinajstić information content (AvgIpc) is 2.30. The molecule has 0 amide bonds. The van der Waals surface area contributed by atoms with Gasteiger partial charge in [0.1, 0.15) is 0 Å². The van der Waals surface area contributed by atoms with E-state index in [0.29, 0.717) is 11.5 Å². The van der Waals surface area contributed by atoms with Gasteiger partial charge in [-0.15, -0.1) is 0 Å². The van der Waals surface area contributed by atoms with Gasteiger partial charge < -0.3 is 5.11 Å². The molecule has 1 aliphatic heterocycles. The predicted octanol–water partition coefficient (Wildman–Crippen LogP) is 2.35. The van der Waals surface area contributed by atoms with Crippen LogP contribution in [0.1, 0.15) is 34.7 Å². The molecule has 86 valence electrons. The highest BCUT2D eigenvalue weighted by atomic mass is 31.0. The van der Waals surface area contributed by atoms with Crippen molar-refractivity contribution < 1.29 is 9.90 Å². The first kappa shape index (κ1) is 11.6. The molecule has 1 fully saturated rings. The SMILES string of the molecule is O=C(O)c1ccccc1C1CCN(P)CC1. The Balaban J connectivity index is 2.23. The number of hydrogen-bond donors (Lipinski definition) is 1. The number of carbonyl (C=O) groups is 1. The summed E-state index contributed by atoms with van der Waals surface area (Å²) < 4.78 is 2.21. The fraction of sp³-hybridized carbons (Fsp3) is 0.417. The zero-order valence-electron chi connectivity index (χ0n) is 9.10. The third-order valence-electron chi connectivity index (χ3n) is 3.16. The molecular weight excluding hydrogens is 221 g/mol. The second-order valence-corrected chi connectivity index (χ2v) is 4.93.